The fourth-order valence-electron chi connectivity index (χ4n) is 2.82. The molecule has 1 aliphatic rings. The Labute approximate surface area is 129 Å². The number of nitrogens with zero attached hydrogens (tertiary/aromatic N) is 2. The molecule has 9 heteroatoms. The van der Waals surface area contributed by atoms with E-state index in [1.54, 1.807) is 4.90 Å². The molecule has 1 aromatic heterocycles. The van der Waals surface area contributed by atoms with E-state index in [2.05, 4.69) is 9.97 Å². The number of nitro benzene ring substituents is 1. The molecule has 1 aliphatic heterocycles. The summed E-state index contributed by atoms with van der Waals surface area (Å²) in [6, 6.07) is 2.52. The summed E-state index contributed by atoms with van der Waals surface area (Å²) in [6.07, 6.45) is 1.15. The first kappa shape index (κ1) is 14.9. The molecular formula is C14H14N4O5. The van der Waals surface area contributed by atoms with Gasteiger partial charge >= 0.3 is 11.1 Å². The fourth-order valence-corrected chi connectivity index (χ4v) is 2.82. The maximum absolute atomic E-state index is 11.9. The highest BCUT2D eigenvalue weighted by molar-refractivity contribution is 5.82. The van der Waals surface area contributed by atoms with Gasteiger partial charge in [-0.3, -0.25) is 24.5 Å². The summed E-state index contributed by atoms with van der Waals surface area (Å²) in [5.74, 6) is -0.0380. The van der Waals surface area contributed by atoms with Crippen LogP contribution in [-0.4, -0.2) is 31.7 Å². The number of H-pyrrole nitrogens is 2. The average Bonchev–Trinajstić information content (AvgIpc) is 2.80. The normalized spacial score (nSPS) is 17.9. The van der Waals surface area contributed by atoms with Crippen LogP contribution in [0, 0.1) is 10.1 Å². The number of nitrogens with one attached hydrogen (secondary N) is 2. The molecule has 1 fully saturated rings. The third kappa shape index (κ3) is 2.60. The highest BCUT2D eigenvalue weighted by Crippen LogP contribution is 2.26. The third-order valence-electron chi connectivity index (χ3n) is 4.08. The lowest BCUT2D eigenvalue weighted by Crippen LogP contribution is -2.32. The summed E-state index contributed by atoms with van der Waals surface area (Å²) in [5, 5.41) is 11.1. The van der Waals surface area contributed by atoms with Crippen molar-refractivity contribution in [2.24, 2.45) is 0 Å². The second-order valence-electron chi connectivity index (χ2n) is 5.60. The number of fused-ring (bicyclic) bond motifs is 1. The maximum Gasteiger partial charge on any atom is 0.314 e. The van der Waals surface area contributed by atoms with Crippen molar-refractivity contribution in [1.82, 2.24) is 14.9 Å². The number of aromatic nitrogens is 2. The van der Waals surface area contributed by atoms with Crippen molar-refractivity contribution in [1.29, 1.82) is 0 Å². The van der Waals surface area contributed by atoms with Crippen molar-refractivity contribution in [2.45, 2.75) is 32.4 Å². The van der Waals surface area contributed by atoms with Gasteiger partial charge in [0.25, 0.3) is 5.69 Å². The first-order valence-corrected chi connectivity index (χ1v) is 7.10. The molecule has 0 radical (unpaired) electrons. The van der Waals surface area contributed by atoms with E-state index in [1.807, 2.05) is 6.92 Å². The van der Waals surface area contributed by atoms with Gasteiger partial charge in [-0.05, 0) is 13.3 Å². The average molecular weight is 318 g/mol. The number of nitro groups is 1. The molecule has 9 nitrogen and oxygen atoms in total. The number of carbonyl (C=O) groups is 1. The van der Waals surface area contributed by atoms with Gasteiger partial charge in [-0.15, -0.1) is 0 Å². The van der Waals surface area contributed by atoms with Gasteiger partial charge < -0.3 is 14.9 Å². The first-order valence-electron chi connectivity index (χ1n) is 7.10. The van der Waals surface area contributed by atoms with Crippen LogP contribution >= 0.6 is 0 Å². The molecule has 0 bridgehead atoms. The number of hydrogen-bond acceptors (Lipinski definition) is 5. The molecule has 1 unspecified atom stereocenters. The van der Waals surface area contributed by atoms with Gasteiger partial charge in [0.05, 0.1) is 16.0 Å². The predicted molar refractivity (Wildman–Crippen MR) is 81.1 cm³/mol. The monoisotopic (exact) mass is 318 g/mol. The van der Waals surface area contributed by atoms with Crippen LogP contribution in [0.25, 0.3) is 11.0 Å². The molecule has 3 rings (SSSR count). The number of hydrogen-bond donors (Lipinski definition) is 2. The van der Waals surface area contributed by atoms with Crippen LogP contribution in [-0.2, 0) is 11.3 Å². The number of non-ortho nitro benzene ring substituents is 1. The largest absolute Gasteiger partial charge is 0.336 e. The minimum atomic E-state index is -0.880. The molecule has 0 aliphatic carbocycles. The van der Waals surface area contributed by atoms with Crippen LogP contribution in [0.2, 0.25) is 0 Å². The summed E-state index contributed by atoms with van der Waals surface area (Å²) in [5.41, 5.74) is -1.05. The molecule has 2 aromatic rings. The van der Waals surface area contributed by atoms with Gasteiger partial charge in [-0.25, -0.2) is 0 Å². The fraction of sp³-hybridized carbons (Fsp3) is 0.357. The first-order chi connectivity index (χ1) is 10.9. The van der Waals surface area contributed by atoms with E-state index in [4.69, 9.17) is 0 Å². The zero-order chi connectivity index (χ0) is 16.7. The number of aromatic amines is 2. The van der Waals surface area contributed by atoms with Gasteiger partial charge in [-0.2, -0.15) is 0 Å². The summed E-state index contributed by atoms with van der Waals surface area (Å²) < 4.78 is 0. The second-order valence-corrected chi connectivity index (χ2v) is 5.60. The minimum absolute atomic E-state index is 0.0197. The molecule has 1 saturated heterocycles. The topological polar surface area (TPSA) is 129 Å². The number of carbonyl (C=O) groups excluding carboxylic acids is 1. The van der Waals surface area contributed by atoms with E-state index in [9.17, 15) is 24.5 Å². The van der Waals surface area contributed by atoms with Gasteiger partial charge in [0.15, 0.2) is 0 Å². The van der Waals surface area contributed by atoms with Crippen LogP contribution in [0.15, 0.2) is 21.7 Å². The van der Waals surface area contributed by atoms with E-state index >= 15 is 0 Å². The smallest absolute Gasteiger partial charge is 0.314 e. The van der Waals surface area contributed by atoms with Crippen molar-refractivity contribution >= 4 is 22.6 Å². The van der Waals surface area contributed by atoms with Crippen molar-refractivity contribution in [2.75, 3.05) is 0 Å². The lowest BCUT2D eigenvalue weighted by molar-refractivity contribution is -0.384. The Kier molecular flexibility index (Phi) is 3.47. The van der Waals surface area contributed by atoms with Crippen molar-refractivity contribution in [3.63, 3.8) is 0 Å². The molecule has 1 aromatic carbocycles. The Morgan fingerprint density at radius 1 is 1.26 bits per heavy atom. The minimum Gasteiger partial charge on any atom is -0.336 e. The van der Waals surface area contributed by atoms with Gasteiger partial charge in [0, 0.05) is 36.7 Å². The van der Waals surface area contributed by atoms with Gasteiger partial charge in [0.1, 0.15) is 0 Å². The molecule has 1 amide bonds. The molecule has 0 saturated carbocycles. The van der Waals surface area contributed by atoms with Gasteiger partial charge in [0.2, 0.25) is 5.91 Å². The second kappa shape index (κ2) is 5.34. The highest BCUT2D eigenvalue weighted by Gasteiger charge is 2.28. The lowest BCUT2D eigenvalue weighted by Gasteiger charge is -2.22. The molecule has 1 atom stereocenters. The van der Waals surface area contributed by atoms with E-state index in [0.29, 0.717) is 17.5 Å². The summed E-state index contributed by atoms with van der Waals surface area (Å²) >= 11 is 0. The maximum atomic E-state index is 11.9. The van der Waals surface area contributed by atoms with Gasteiger partial charge in [-0.1, -0.05) is 0 Å². The van der Waals surface area contributed by atoms with Crippen LogP contribution in [0.3, 0.4) is 0 Å². The SMILES string of the molecule is CC1CCC(=O)N1Cc1cc([N+](=O)[O-])cc2[nH]c(=O)c(=O)[nH]c12. The quantitative estimate of drug-likeness (QED) is 0.487. The molecule has 2 heterocycles. The number of benzene rings is 1. The van der Waals surface area contributed by atoms with Crippen molar-refractivity contribution < 1.29 is 9.72 Å². The Balaban J connectivity index is 2.19. The van der Waals surface area contributed by atoms with E-state index in [0.717, 1.165) is 6.42 Å². The molecule has 0 spiro atoms. The molecule has 23 heavy (non-hydrogen) atoms. The number of likely N-dealkylation sites (tertiary alicyclic amines) is 1. The van der Waals surface area contributed by atoms with E-state index in [-0.39, 0.29) is 29.7 Å². The Bertz CT molecular complexity index is 929. The molecule has 120 valence electrons. The number of amides is 1. The summed E-state index contributed by atoms with van der Waals surface area (Å²) in [6.45, 7) is 2.04. The zero-order valence-corrected chi connectivity index (χ0v) is 12.3. The molecular weight excluding hydrogens is 304 g/mol. The van der Waals surface area contributed by atoms with Crippen molar-refractivity contribution in [3.05, 3.63) is 48.5 Å². The standard InChI is InChI=1S/C14H14N4O5/c1-7-2-3-11(19)17(7)6-8-4-9(18(22)23)5-10-12(8)16-14(21)13(20)15-10/h4-5,7H,2-3,6H2,1H3,(H,15,20)(H,16,21). The van der Waals surface area contributed by atoms with Crippen LogP contribution < -0.4 is 11.1 Å². The molecule has 2 N–H and O–H groups in total. The summed E-state index contributed by atoms with van der Waals surface area (Å²) in [7, 11) is 0. The van der Waals surface area contributed by atoms with Crippen molar-refractivity contribution in [3.8, 4) is 0 Å². The predicted octanol–water partition coefficient (Wildman–Crippen LogP) is 0.635. The van der Waals surface area contributed by atoms with E-state index < -0.39 is 16.0 Å². The van der Waals surface area contributed by atoms with E-state index in [1.165, 1.54) is 12.1 Å². The summed E-state index contributed by atoms with van der Waals surface area (Å²) in [4.78, 5) is 51.8. The third-order valence-corrected chi connectivity index (χ3v) is 4.08. The lowest BCUT2D eigenvalue weighted by atomic mass is 10.1. The van der Waals surface area contributed by atoms with Crippen LogP contribution in [0.1, 0.15) is 25.3 Å². The highest BCUT2D eigenvalue weighted by atomic mass is 16.6. The Hall–Kier alpha value is -2.97. The Morgan fingerprint density at radius 2 is 1.96 bits per heavy atom. The van der Waals surface area contributed by atoms with Crippen LogP contribution in [0.5, 0.6) is 0 Å². The Morgan fingerprint density at radius 3 is 2.57 bits per heavy atom. The zero-order valence-electron chi connectivity index (χ0n) is 12.3. The van der Waals surface area contributed by atoms with Crippen LogP contribution in [0.4, 0.5) is 5.69 Å². The number of rotatable bonds is 3.